The standard InChI is InChI=1S/C14H8O4Se/c15-7-9-1-3-11(17-9)13-5-6-14(19-13)12-4-2-10(8-16)18-12/h1-8H. The van der Waals surface area contributed by atoms with Crippen molar-refractivity contribution in [2.75, 3.05) is 0 Å². The average molecular weight is 319 g/mol. The number of hydrogen-bond donors (Lipinski definition) is 0. The summed E-state index contributed by atoms with van der Waals surface area (Å²) in [5.74, 6) is 2.05. The van der Waals surface area contributed by atoms with Crippen molar-refractivity contribution in [2.45, 2.75) is 0 Å². The van der Waals surface area contributed by atoms with E-state index in [1.54, 1.807) is 24.3 Å². The van der Waals surface area contributed by atoms with Crippen molar-refractivity contribution in [3.05, 3.63) is 47.9 Å². The van der Waals surface area contributed by atoms with Gasteiger partial charge in [-0.15, -0.1) is 0 Å². The van der Waals surface area contributed by atoms with Crippen molar-refractivity contribution in [1.82, 2.24) is 0 Å². The summed E-state index contributed by atoms with van der Waals surface area (Å²) in [7, 11) is 0. The Kier molecular flexibility index (Phi) is 3.07. The van der Waals surface area contributed by atoms with Gasteiger partial charge in [0.05, 0.1) is 0 Å². The number of aldehydes is 2. The van der Waals surface area contributed by atoms with Gasteiger partial charge in [-0.3, -0.25) is 0 Å². The fraction of sp³-hybridized carbons (Fsp3) is 0. The van der Waals surface area contributed by atoms with Crippen molar-refractivity contribution < 1.29 is 18.4 Å². The van der Waals surface area contributed by atoms with Crippen LogP contribution in [0.15, 0.2) is 45.2 Å². The first kappa shape index (κ1) is 12.0. The molecule has 3 aromatic rings. The van der Waals surface area contributed by atoms with Crippen LogP contribution in [0.25, 0.3) is 20.4 Å². The molecule has 3 aromatic heterocycles. The molecule has 0 aromatic carbocycles. The SMILES string of the molecule is O=Cc1ccc(-c2ccc(-c3ccc(C=O)o3)[se]2)o1. The average Bonchev–Trinajstić information content (AvgIpc) is 3.16. The summed E-state index contributed by atoms with van der Waals surface area (Å²) >= 11 is 0.0377. The Morgan fingerprint density at radius 3 is 1.58 bits per heavy atom. The number of hydrogen-bond acceptors (Lipinski definition) is 4. The first-order valence-corrected chi connectivity index (χ1v) is 7.22. The summed E-state index contributed by atoms with van der Waals surface area (Å²) in [5.41, 5.74) is 0. The van der Waals surface area contributed by atoms with Gasteiger partial charge < -0.3 is 0 Å². The first-order valence-electron chi connectivity index (χ1n) is 5.51. The van der Waals surface area contributed by atoms with Crippen LogP contribution in [0.1, 0.15) is 21.1 Å². The third kappa shape index (κ3) is 2.26. The molecule has 94 valence electrons. The van der Waals surface area contributed by atoms with Crippen LogP contribution in [0.2, 0.25) is 0 Å². The third-order valence-electron chi connectivity index (χ3n) is 2.58. The second-order valence-corrected chi connectivity index (χ2v) is 6.08. The summed E-state index contributed by atoms with van der Waals surface area (Å²) in [4.78, 5) is 21.2. The Bertz CT molecular complexity index is 671. The topological polar surface area (TPSA) is 60.4 Å². The van der Waals surface area contributed by atoms with E-state index in [1.165, 1.54) is 0 Å². The summed E-state index contributed by atoms with van der Waals surface area (Å²) in [6.45, 7) is 0. The van der Waals surface area contributed by atoms with Crippen molar-refractivity contribution in [3.8, 4) is 20.4 Å². The molecular formula is C14H8O4Se. The minimum atomic E-state index is 0.0377. The molecule has 0 atom stereocenters. The number of carbonyl (C=O) groups excluding carboxylic acids is 2. The van der Waals surface area contributed by atoms with Gasteiger partial charge in [-0.2, -0.15) is 0 Å². The zero-order chi connectivity index (χ0) is 13.2. The molecule has 0 bridgehead atoms. The Morgan fingerprint density at radius 1 is 0.737 bits per heavy atom. The molecule has 5 heteroatoms. The van der Waals surface area contributed by atoms with E-state index in [0.717, 1.165) is 8.87 Å². The Hall–Kier alpha value is -2.10. The van der Waals surface area contributed by atoms with E-state index < -0.39 is 0 Å². The molecule has 4 nitrogen and oxygen atoms in total. The zero-order valence-corrected chi connectivity index (χ0v) is 11.4. The van der Waals surface area contributed by atoms with Gasteiger partial charge in [-0.25, -0.2) is 0 Å². The van der Waals surface area contributed by atoms with Crippen molar-refractivity contribution in [1.29, 1.82) is 0 Å². The zero-order valence-electron chi connectivity index (χ0n) is 9.66. The summed E-state index contributed by atoms with van der Waals surface area (Å²) in [6.07, 6.45) is 1.37. The quantitative estimate of drug-likeness (QED) is 0.548. The van der Waals surface area contributed by atoms with Crippen LogP contribution in [0.5, 0.6) is 0 Å². The molecule has 3 heterocycles. The normalized spacial score (nSPS) is 10.5. The Balaban J connectivity index is 1.94. The van der Waals surface area contributed by atoms with Crippen molar-refractivity contribution in [2.24, 2.45) is 0 Å². The van der Waals surface area contributed by atoms with E-state index in [4.69, 9.17) is 8.83 Å². The van der Waals surface area contributed by atoms with Gasteiger partial charge in [0.2, 0.25) is 0 Å². The van der Waals surface area contributed by atoms with Gasteiger partial charge in [0.25, 0.3) is 0 Å². The van der Waals surface area contributed by atoms with Crippen LogP contribution < -0.4 is 0 Å². The van der Waals surface area contributed by atoms with E-state index in [2.05, 4.69) is 0 Å². The van der Waals surface area contributed by atoms with Crippen LogP contribution in [-0.4, -0.2) is 27.1 Å². The molecule has 0 spiro atoms. The molecular weight excluding hydrogens is 311 g/mol. The molecule has 0 N–H and O–H groups in total. The fourth-order valence-corrected chi connectivity index (χ4v) is 3.65. The molecule has 0 radical (unpaired) electrons. The summed E-state index contributed by atoms with van der Waals surface area (Å²) in [5, 5.41) is 0. The van der Waals surface area contributed by atoms with E-state index in [9.17, 15) is 9.59 Å². The fourth-order valence-electron chi connectivity index (χ4n) is 1.70. The van der Waals surface area contributed by atoms with Crippen LogP contribution in [-0.2, 0) is 0 Å². The predicted octanol–water partition coefficient (Wildman–Crippen LogP) is 2.89. The van der Waals surface area contributed by atoms with Crippen molar-refractivity contribution >= 4 is 27.1 Å². The maximum absolute atomic E-state index is 10.6. The van der Waals surface area contributed by atoms with E-state index >= 15 is 0 Å². The molecule has 0 unspecified atom stereocenters. The molecule has 3 rings (SSSR count). The molecule has 19 heavy (non-hydrogen) atoms. The second kappa shape index (κ2) is 4.88. The Morgan fingerprint density at radius 2 is 1.21 bits per heavy atom. The third-order valence-corrected chi connectivity index (χ3v) is 4.92. The second-order valence-electron chi connectivity index (χ2n) is 3.80. The minimum absolute atomic E-state index is 0.0377. The summed E-state index contributed by atoms with van der Waals surface area (Å²) in [6, 6.07) is 10.8. The molecule has 0 aliphatic heterocycles. The van der Waals surface area contributed by atoms with E-state index in [0.29, 0.717) is 35.6 Å². The monoisotopic (exact) mass is 320 g/mol. The van der Waals surface area contributed by atoms with Gasteiger partial charge in [-0.1, -0.05) is 0 Å². The molecule has 0 aliphatic rings. The molecule has 0 fully saturated rings. The Labute approximate surface area is 114 Å². The maximum atomic E-state index is 10.6. The van der Waals surface area contributed by atoms with Crippen LogP contribution in [0, 0.1) is 0 Å². The van der Waals surface area contributed by atoms with E-state index in [-0.39, 0.29) is 14.5 Å². The van der Waals surface area contributed by atoms with Crippen LogP contribution in [0.4, 0.5) is 0 Å². The van der Waals surface area contributed by atoms with Crippen LogP contribution >= 0.6 is 0 Å². The van der Waals surface area contributed by atoms with Gasteiger partial charge in [-0.05, 0) is 0 Å². The first-order chi connectivity index (χ1) is 9.30. The van der Waals surface area contributed by atoms with Gasteiger partial charge in [0.15, 0.2) is 0 Å². The molecule has 0 aliphatic carbocycles. The number of furan rings is 2. The van der Waals surface area contributed by atoms with Gasteiger partial charge in [0.1, 0.15) is 0 Å². The molecule has 0 saturated heterocycles. The number of carbonyl (C=O) groups is 2. The van der Waals surface area contributed by atoms with Gasteiger partial charge >= 0.3 is 114 Å². The van der Waals surface area contributed by atoms with Gasteiger partial charge in [0, 0.05) is 0 Å². The van der Waals surface area contributed by atoms with E-state index in [1.807, 2.05) is 12.1 Å². The molecule has 0 amide bonds. The summed E-state index contributed by atoms with van der Waals surface area (Å²) < 4.78 is 12.9. The van der Waals surface area contributed by atoms with Crippen LogP contribution in [0.3, 0.4) is 0 Å². The number of rotatable bonds is 4. The van der Waals surface area contributed by atoms with Crippen molar-refractivity contribution in [3.63, 3.8) is 0 Å². The predicted molar refractivity (Wildman–Crippen MR) is 69.6 cm³/mol. The molecule has 0 saturated carbocycles.